The Balaban J connectivity index is 1.97. The monoisotopic (exact) mass is 448 g/mol. The van der Waals surface area contributed by atoms with Crippen molar-refractivity contribution in [2.24, 2.45) is 0 Å². The zero-order valence-electron chi connectivity index (χ0n) is 14.9. The molecule has 11 heteroatoms. The lowest BCUT2D eigenvalue weighted by Gasteiger charge is -2.26. The number of benzene rings is 2. The minimum Gasteiger partial charge on any atom is -0.379 e. The molecule has 0 radical (unpaired) electrons. The first-order chi connectivity index (χ1) is 13.1. The molecule has 1 heterocycles. The van der Waals surface area contributed by atoms with Crippen molar-refractivity contribution in [3.8, 4) is 0 Å². The van der Waals surface area contributed by atoms with Crippen LogP contribution in [0.2, 0.25) is 5.02 Å². The fraction of sp³-hybridized carbons (Fsp3) is 0.294. The van der Waals surface area contributed by atoms with Gasteiger partial charge in [-0.25, -0.2) is 21.2 Å². The minimum atomic E-state index is -4.18. The molecule has 0 spiro atoms. The summed E-state index contributed by atoms with van der Waals surface area (Å²) in [5.41, 5.74) is 0.224. The van der Waals surface area contributed by atoms with E-state index in [0.717, 1.165) is 18.2 Å². The highest BCUT2D eigenvalue weighted by molar-refractivity contribution is 7.92. The van der Waals surface area contributed by atoms with Crippen LogP contribution in [0, 0.1) is 12.7 Å². The predicted molar refractivity (Wildman–Crippen MR) is 103 cm³/mol. The van der Waals surface area contributed by atoms with Gasteiger partial charge < -0.3 is 4.74 Å². The third-order valence-electron chi connectivity index (χ3n) is 4.23. The van der Waals surface area contributed by atoms with Crippen molar-refractivity contribution in [2.75, 3.05) is 31.0 Å². The number of nitrogens with zero attached hydrogens (tertiary/aromatic N) is 1. The van der Waals surface area contributed by atoms with Crippen molar-refractivity contribution < 1.29 is 26.0 Å². The Morgan fingerprint density at radius 3 is 2.43 bits per heavy atom. The van der Waals surface area contributed by atoms with Gasteiger partial charge in [0.2, 0.25) is 10.0 Å². The van der Waals surface area contributed by atoms with E-state index in [-0.39, 0.29) is 46.8 Å². The molecule has 1 aliphatic rings. The lowest BCUT2D eigenvalue weighted by atomic mass is 10.2. The molecular weight excluding hydrogens is 431 g/mol. The second kappa shape index (κ2) is 7.96. The van der Waals surface area contributed by atoms with Gasteiger partial charge in [0.05, 0.1) is 33.7 Å². The van der Waals surface area contributed by atoms with Gasteiger partial charge in [-0.3, -0.25) is 4.72 Å². The van der Waals surface area contributed by atoms with E-state index in [1.54, 1.807) is 0 Å². The lowest BCUT2D eigenvalue weighted by molar-refractivity contribution is 0.0730. The summed E-state index contributed by atoms with van der Waals surface area (Å²) in [6, 6.07) is 7.13. The van der Waals surface area contributed by atoms with Crippen LogP contribution in [0.15, 0.2) is 46.2 Å². The SMILES string of the molecule is Cc1ccc(F)cc1S(=O)(=O)Nc1cc(S(=O)(=O)N2CCOCC2)ccc1Cl. The number of rotatable bonds is 5. The van der Waals surface area contributed by atoms with Crippen LogP contribution in [0.1, 0.15) is 5.56 Å². The summed E-state index contributed by atoms with van der Waals surface area (Å²) < 4.78 is 73.1. The number of hydrogen-bond acceptors (Lipinski definition) is 5. The molecule has 7 nitrogen and oxygen atoms in total. The van der Waals surface area contributed by atoms with Gasteiger partial charge in [0.15, 0.2) is 0 Å². The largest absolute Gasteiger partial charge is 0.379 e. The van der Waals surface area contributed by atoms with Gasteiger partial charge in [-0.05, 0) is 42.8 Å². The number of nitrogens with one attached hydrogen (secondary N) is 1. The van der Waals surface area contributed by atoms with Crippen LogP contribution in [-0.4, -0.2) is 47.4 Å². The highest BCUT2D eigenvalue weighted by Crippen LogP contribution is 2.30. The molecular formula is C17H18ClFN2O5S2. The van der Waals surface area contributed by atoms with Crippen LogP contribution in [-0.2, 0) is 24.8 Å². The summed E-state index contributed by atoms with van der Waals surface area (Å²) in [6.45, 7) is 2.49. The van der Waals surface area contributed by atoms with E-state index in [2.05, 4.69) is 4.72 Å². The Hall–Kier alpha value is -1.72. The number of morpholine rings is 1. The standard InChI is InChI=1S/C17H18ClFN2O5S2/c1-12-2-3-13(19)10-17(12)27(22,23)20-16-11-14(4-5-15(16)18)28(24,25)21-6-8-26-9-7-21/h2-5,10-11,20H,6-9H2,1H3. The molecule has 0 bridgehead atoms. The first kappa shape index (κ1) is 21.0. The number of ether oxygens (including phenoxy) is 1. The van der Waals surface area contributed by atoms with Crippen molar-refractivity contribution in [2.45, 2.75) is 16.7 Å². The van der Waals surface area contributed by atoms with Gasteiger partial charge in [-0.1, -0.05) is 17.7 Å². The van der Waals surface area contributed by atoms with E-state index >= 15 is 0 Å². The molecule has 1 saturated heterocycles. The van der Waals surface area contributed by atoms with Gasteiger partial charge in [-0.2, -0.15) is 4.31 Å². The van der Waals surface area contributed by atoms with Crippen LogP contribution in [0.5, 0.6) is 0 Å². The molecule has 152 valence electrons. The molecule has 28 heavy (non-hydrogen) atoms. The van der Waals surface area contributed by atoms with Crippen molar-refractivity contribution in [1.29, 1.82) is 0 Å². The maximum absolute atomic E-state index is 13.5. The van der Waals surface area contributed by atoms with E-state index in [9.17, 15) is 21.2 Å². The number of anilines is 1. The van der Waals surface area contributed by atoms with E-state index in [1.165, 1.54) is 29.4 Å². The molecule has 0 atom stereocenters. The van der Waals surface area contributed by atoms with Crippen molar-refractivity contribution in [3.63, 3.8) is 0 Å². The zero-order chi connectivity index (χ0) is 20.5. The number of hydrogen-bond donors (Lipinski definition) is 1. The van der Waals surface area contributed by atoms with Crippen molar-refractivity contribution in [3.05, 3.63) is 52.8 Å². The number of aryl methyl sites for hydroxylation is 1. The van der Waals surface area contributed by atoms with Crippen LogP contribution in [0.25, 0.3) is 0 Å². The summed E-state index contributed by atoms with van der Waals surface area (Å²) in [6.07, 6.45) is 0. The summed E-state index contributed by atoms with van der Waals surface area (Å²) in [7, 11) is -8.02. The minimum absolute atomic E-state index is 0.0126. The number of sulfonamides is 2. The molecule has 0 unspecified atom stereocenters. The van der Waals surface area contributed by atoms with Crippen molar-refractivity contribution in [1.82, 2.24) is 4.31 Å². The Morgan fingerprint density at radius 2 is 1.75 bits per heavy atom. The average molecular weight is 449 g/mol. The van der Waals surface area contributed by atoms with E-state index < -0.39 is 25.9 Å². The van der Waals surface area contributed by atoms with Crippen molar-refractivity contribution >= 4 is 37.3 Å². The maximum atomic E-state index is 13.5. The van der Waals surface area contributed by atoms with Gasteiger partial charge >= 0.3 is 0 Å². The average Bonchev–Trinajstić information content (AvgIpc) is 2.66. The highest BCUT2D eigenvalue weighted by Gasteiger charge is 2.28. The third-order valence-corrected chi connectivity index (χ3v) is 7.96. The predicted octanol–water partition coefficient (Wildman–Crippen LogP) is 2.61. The van der Waals surface area contributed by atoms with Crippen LogP contribution in [0.4, 0.5) is 10.1 Å². The summed E-state index contributed by atoms with van der Waals surface area (Å²) in [4.78, 5) is -0.363. The maximum Gasteiger partial charge on any atom is 0.262 e. The highest BCUT2D eigenvalue weighted by atomic mass is 35.5. The van der Waals surface area contributed by atoms with E-state index in [1.807, 2.05) is 0 Å². The molecule has 0 saturated carbocycles. The molecule has 0 aliphatic carbocycles. The topological polar surface area (TPSA) is 92.8 Å². The fourth-order valence-corrected chi connectivity index (χ4v) is 5.73. The van der Waals surface area contributed by atoms with Gasteiger partial charge in [0.25, 0.3) is 10.0 Å². The van der Waals surface area contributed by atoms with Gasteiger partial charge in [0.1, 0.15) is 5.82 Å². The molecule has 1 aliphatic heterocycles. The third kappa shape index (κ3) is 4.31. The Labute approximate surface area is 168 Å². The van der Waals surface area contributed by atoms with Gasteiger partial charge in [0, 0.05) is 13.1 Å². The Morgan fingerprint density at radius 1 is 1.07 bits per heavy atom. The lowest BCUT2D eigenvalue weighted by Crippen LogP contribution is -2.40. The van der Waals surface area contributed by atoms with Gasteiger partial charge in [-0.15, -0.1) is 0 Å². The molecule has 0 amide bonds. The molecule has 2 aromatic rings. The molecule has 1 fully saturated rings. The Kier molecular flexibility index (Phi) is 5.97. The molecule has 0 aromatic heterocycles. The van der Waals surface area contributed by atoms with Crippen LogP contribution >= 0.6 is 11.6 Å². The number of halogens is 2. The quantitative estimate of drug-likeness (QED) is 0.759. The fourth-order valence-electron chi connectivity index (χ4n) is 2.74. The molecule has 3 rings (SSSR count). The van der Waals surface area contributed by atoms with Crippen LogP contribution in [0.3, 0.4) is 0 Å². The second-order valence-electron chi connectivity index (χ2n) is 6.17. The summed E-state index contributed by atoms with van der Waals surface area (Å²) in [5.74, 6) is -0.708. The summed E-state index contributed by atoms with van der Waals surface area (Å²) >= 11 is 6.07. The first-order valence-electron chi connectivity index (χ1n) is 8.28. The smallest absolute Gasteiger partial charge is 0.262 e. The zero-order valence-corrected chi connectivity index (χ0v) is 17.2. The molecule has 1 N–H and O–H groups in total. The normalized spacial score (nSPS) is 16.1. The van der Waals surface area contributed by atoms with E-state index in [4.69, 9.17) is 16.3 Å². The van der Waals surface area contributed by atoms with Crippen LogP contribution < -0.4 is 4.72 Å². The van der Waals surface area contributed by atoms with E-state index in [0.29, 0.717) is 5.56 Å². The second-order valence-corrected chi connectivity index (χ2v) is 10.2. The first-order valence-corrected chi connectivity index (χ1v) is 11.6. The molecule has 2 aromatic carbocycles. The Bertz CT molecular complexity index is 1100. The summed E-state index contributed by atoms with van der Waals surface area (Å²) in [5, 5.41) is 0.0126.